The lowest BCUT2D eigenvalue weighted by Gasteiger charge is -2.36. The molecule has 0 unspecified atom stereocenters. The number of hydrogen-bond acceptors (Lipinski definition) is 7. The number of nitrogens with zero attached hydrogens (tertiary/aromatic N) is 2. The number of benzene rings is 1. The Balaban J connectivity index is 1.66. The molecule has 2 saturated heterocycles. The van der Waals surface area contributed by atoms with E-state index in [1.807, 2.05) is 18.7 Å². The second kappa shape index (κ2) is 8.59. The van der Waals surface area contributed by atoms with Gasteiger partial charge in [-0.1, -0.05) is 24.0 Å². The summed E-state index contributed by atoms with van der Waals surface area (Å²) in [6.07, 6.45) is 0.232. The molecule has 1 aromatic rings. The molecular formula is C19H22N2O5S2. The topological polar surface area (TPSA) is 76.2 Å². The van der Waals surface area contributed by atoms with Crippen molar-refractivity contribution in [3.05, 3.63) is 24.3 Å². The first-order valence-electron chi connectivity index (χ1n) is 9.01. The van der Waals surface area contributed by atoms with Crippen molar-refractivity contribution in [3.8, 4) is 5.75 Å². The number of morpholine rings is 1. The molecule has 2 aliphatic rings. The third kappa shape index (κ3) is 4.71. The first kappa shape index (κ1) is 20.8. The molecule has 2 amide bonds. The number of carbonyl (C=O) groups excluding carboxylic acids is 3. The van der Waals surface area contributed by atoms with Crippen molar-refractivity contribution in [1.29, 1.82) is 0 Å². The first-order chi connectivity index (χ1) is 13.2. The van der Waals surface area contributed by atoms with Crippen molar-refractivity contribution >= 4 is 51.8 Å². The molecule has 0 aliphatic carbocycles. The molecule has 0 aromatic heterocycles. The molecule has 3 rings (SSSR count). The number of amides is 2. The fourth-order valence-electron chi connectivity index (χ4n) is 3.32. The summed E-state index contributed by atoms with van der Waals surface area (Å²) < 4.78 is 11.3. The molecule has 2 aliphatic heterocycles. The average molecular weight is 423 g/mol. The van der Waals surface area contributed by atoms with Crippen LogP contribution >= 0.6 is 24.0 Å². The van der Waals surface area contributed by atoms with Crippen LogP contribution in [-0.4, -0.2) is 57.6 Å². The maximum atomic E-state index is 12.8. The van der Waals surface area contributed by atoms with Crippen LogP contribution in [0.15, 0.2) is 24.3 Å². The Hall–Kier alpha value is -1.97. The van der Waals surface area contributed by atoms with E-state index >= 15 is 0 Å². The number of ether oxygens (including phenoxy) is 2. The highest BCUT2D eigenvalue weighted by atomic mass is 32.2. The van der Waals surface area contributed by atoms with Crippen LogP contribution in [0.3, 0.4) is 0 Å². The van der Waals surface area contributed by atoms with Crippen molar-refractivity contribution in [2.24, 2.45) is 0 Å². The van der Waals surface area contributed by atoms with Crippen molar-refractivity contribution in [2.45, 2.75) is 44.6 Å². The SMILES string of the molecule is CC(=O)Oc1ccc(N2C(=O)C[C@@H](SC(=S)N3C[C@@H](C)O[C@@H](C)C3)C2=O)cc1. The summed E-state index contributed by atoms with van der Waals surface area (Å²) in [5.41, 5.74) is 0.452. The number of esters is 1. The number of rotatable bonds is 3. The highest BCUT2D eigenvalue weighted by Gasteiger charge is 2.41. The molecular weight excluding hydrogens is 400 g/mol. The predicted molar refractivity (Wildman–Crippen MR) is 110 cm³/mol. The van der Waals surface area contributed by atoms with Crippen molar-refractivity contribution < 1.29 is 23.9 Å². The minimum atomic E-state index is -0.540. The second-order valence-electron chi connectivity index (χ2n) is 6.89. The molecule has 3 atom stereocenters. The van der Waals surface area contributed by atoms with Crippen LogP contribution in [0.5, 0.6) is 5.75 Å². The van der Waals surface area contributed by atoms with Crippen molar-refractivity contribution in [1.82, 2.24) is 4.90 Å². The molecule has 9 heteroatoms. The standard InChI is InChI=1S/C19H22N2O5S2/c1-11-9-20(10-12(2)25-11)19(27)28-16-8-17(23)21(18(16)24)14-4-6-15(7-5-14)26-13(3)22/h4-7,11-12,16H,8-10H2,1-3H3/t11-,12+,16-/m1/s1. The largest absolute Gasteiger partial charge is 0.427 e. The summed E-state index contributed by atoms with van der Waals surface area (Å²) in [4.78, 5) is 39.5. The van der Waals surface area contributed by atoms with Gasteiger partial charge in [0.15, 0.2) is 0 Å². The molecule has 0 N–H and O–H groups in total. The zero-order valence-corrected chi connectivity index (χ0v) is 17.5. The van der Waals surface area contributed by atoms with E-state index in [2.05, 4.69) is 0 Å². The molecule has 2 fully saturated rings. The number of hydrogen-bond donors (Lipinski definition) is 0. The zero-order chi connectivity index (χ0) is 20.4. The Morgan fingerprint density at radius 3 is 2.36 bits per heavy atom. The summed E-state index contributed by atoms with van der Waals surface area (Å²) in [5, 5.41) is -0.540. The summed E-state index contributed by atoms with van der Waals surface area (Å²) in [6, 6.07) is 6.29. The van der Waals surface area contributed by atoms with Gasteiger partial charge in [0, 0.05) is 26.4 Å². The van der Waals surface area contributed by atoms with Gasteiger partial charge in [-0.2, -0.15) is 0 Å². The van der Waals surface area contributed by atoms with Gasteiger partial charge < -0.3 is 14.4 Å². The fraction of sp³-hybridized carbons (Fsp3) is 0.474. The van der Waals surface area contributed by atoms with E-state index in [9.17, 15) is 14.4 Å². The Bertz CT molecular complexity index is 788. The molecule has 0 bridgehead atoms. The normalized spacial score (nSPS) is 25.2. The lowest BCUT2D eigenvalue weighted by Crippen LogP contribution is -2.47. The van der Waals surface area contributed by atoms with E-state index in [-0.39, 0.29) is 30.4 Å². The van der Waals surface area contributed by atoms with E-state index in [1.165, 1.54) is 23.6 Å². The Kier molecular flexibility index (Phi) is 6.36. The monoisotopic (exact) mass is 422 g/mol. The zero-order valence-electron chi connectivity index (χ0n) is 15.9. The van der Waals surface area contributed by atoms with Gasteiger partial charge in [0.2, 0.25) is 11.8 Å². The molecule has 0 saturated carbocycles. The third-order valence-electron chi connectivity index (χ3n) is 4.38. The summed E-state index contributed by atoms with van der Waals surface area (Å²) in [5.74, 6) is -0.628. The fourth-order valence-corrected chi connectivity index (χ4v) is 4.79. The second-order valence-corrected chi connectivity index (χ2v) is 8.73. The van der Waals surface area contributed by atoms with Crippen molar-refractivity contribution in [2.75, 3.05) is 18.0 Å². The predicted octanol–water partition coefficient (Wildman–Crippen LogP) is 2.37. The van der Waals surface area contributed by atoms with Gasteiger partial charge in [0.1, 0.15) is 15.3 Å². The molecule has 1 aromatic carbocycles. The van der Waals surface area contributed by atoms with Crippen LogP contribution in [0.2, 0.25) is 0 Å². The quantitative estimate of drug-likeness (QED) is 0.318. The smallest absolute Gasteiger partial charge is 0.308 e. The Morgan fingerprint density at radius 2 is 1.79 bits per heavy atom. The minimum Gasteiger partial charge on any atom is -0.427 e. The van der Waals surface area contributed by atoms with Gasteiger partial charge in [0.05, 0.1) is 17.9 Å². The molecule has 7 nitrogen and oxygen atoms in total. The van der Waals surface area contributed by atoms with Crippen LogP contribution in [0, 0.1) is 0 Å². The van der Waals surface area contributed by atoms with E-state index in [0.717, 1.165) is 0 Å². The maximum Gasteiger partial charge on any atom is 0.308 e. The van der Waals surface area contributed by atoms with Gasteiger partial charge in [-0.3, -0.25) is 14.4 Å². The lowest BCUT2D eigenvalue weighted by molar-refractivity contribution is -0.132. The van der Waals surface area contributed by atoms with E-state index in [0.29, 0.717) is 28.8 Å². The number of thioether (sulfide) groups is 1. The Morgan fingerprint density at radius 1 is 1.18 bits per heavy atom. The highest BCUT2D eigenvalue weighted by molar-refractivity contribution is 8.23. The van der Waals surface area contributed by atoms with E-state index in [1.54, 1.807) is 24.3 Å². The summed E-state index contributed by atoms with van der Waals surface area (Å²) >= 11 is 6.78. The number of thiocarbonyl (C=S) groups is 1. The number of anilines is 1. The van der Waals surface area contributed by atoms with Gasteiger partial charge in [-0.15, -0.1) is 0 Å². The van der Waals surface area contributed by atoms with Crippen LogP contribution < -0.4 is 9.64 Å². The highest BCUT2D eigenvalue weighted by Crippen LogP contribution is 2.32. The summed E-state index contributed by atoms with van der Waals surface area (Å²) in [6.45, 7) is 6.63. The van der Waals surface area contributed by atoms with Gasteiger partial charge >= 0.3 is 5.97 Å². The number of carbonyl (C=O) groups is 3. The molecule has 2 heterocycles. The van der Waals surface area contributed by atoms with Crippen LogP contribution in [0.1, 0.15) is 27.2 Å². The summed E-state index contributed by atoms with van der Waals surface area (Å²) in [7, 11) is 0. The van der Waals surface area contributed by atoms with E-state index < -0.39 is 11.2 Å². The van der Waals surface area contributed by atoms with Crippen molar-refractivity contribution in [3.63, 3.8) is 0 Å². The molecule has 28 heavy (non-hydrogen) atoms. The average Bonchev–Trinajstić information content (AvgIpc) is 2.88. The lowest BCUT2D eigenvalue weighted by atomic mass is 10.2. The van der Waals surface area contributed by atoms with Crippen LogP contribution in [0.4, 0.5) is 5.69 Å². The molecule has 0 spiro atoms. The van der Waals surface area contributed by atoms with Gasteiger partial charge in [-0.25, -0.2) is 4.90 Å². The van der Waals surface area contributed by atoms with Crippen LogP contribution in [0.25, 0.3) is 0 Å². The van der Waals surface area contributed by atoms with Gasteiger partial charge in [0.25, 0.3) is 0 Å². The Labute approximate surface area is 173 Å². The number of imide groups is 1. The van der Waals surface area contributed by atoms with E-state index in [4.69, 9.17) is 21.7 Å². The third-order valence-corrected chi connectivity index (χ3v) is 6.04. The maximum absolute atomic E-state index is 12.8. The van der Waals surface area contributed by atoms with Crippen LogP contribution in [-0.2, 0) is 19.1 Å². The molecule has 150 valence electrons. The first-order valence-corrected chi connectivity index (χ1v) is 10.3. The minimum absolute atomic E-state index is 0.0652. The molecule has 0 radical (unpaired) electrons. The van der Waals surface area contributed by atoms with Gasteiger partial charge in [-0.05, 0) is 38.1 Å².